The molecule has 0 saturated carbocycles. The minimum atomic E-state index is -0.213. The highest BCUT2D eigenvalue weighted by Gasteiger charge is 2.30. The summed E-state index contributed by atoms with van der Waals surface area (Å²) in [6.07, 6.45) is 2.51. The summed E-state index contributed by atoms with van der Waals surface area (Å²) in [5.41, 5.74) is 1.36. The van der Waals surface area contributed by atoms with E-state index in [4.69, 9.17) is 0 Å². The molecule has 3 aromatic rings. The van der Waals surface area contributed by atoms with Gasteiger partial charge in [-0.05, 0) is 29.3 Å². The molecule has 0 radical (unpaired) electrons. The Kier molecular flexibility index (Phi) is 5.26. The van der Waals surface area contributed by atoms with E-state index < -0.39 is 0 Å². The topological polar surface area (TPSA) is 92.2 Å². The number of benzene rings is 2. The van der Waals surface area contributed by atoms with Crippen molar-refractivity contribution in [1.29, 1.82) is 0 Å². The first kappa shape index (κ1) is 19.1. The first-order valence-corrected chi connectivity index (χ1v) is 9.65. The van der Waals surface area contributed by atoms with Gasteiger partial charge in [0.2, 0.25) is 5.91 Å². The molecule has 2 aromatic carbocycles. The summed E-state index contributed by atoms with van der Waals surface area (Å²) in [4.78, 5) is 26.2. The molecule has 1 aromatic heterocycles. The van der Waals surface area contributed by atoms with Crippen LogP contribution in [0.15, 0.2) is 48.7 Å². The fourth-order valence-electron chi connectivity index (χ4n) is 3.71. The lowest BCUT2D eigenvalue weighted by Gasteiger charge is -2.16. The average molecular weight is 392 g/mol. The molecule has 8 heteroatoms. The number of carbonyl (C=O) groups excluding carboxylic acids is 2. The number of likely N-dealkylation sites (N-methyl/N-ethyl adjacent to an activating group) is 1. The number of nitrogens with one attached hydrogen (secondary N) is 2. The molecule has 29 heavy (non-hydrogen) atoms. The second kappa shape index (κ2) is 8.00. The Hall–Kier alpha value is -3.26. The number of hydrogen-bond acceptors (Lipinski definition) is 5. The summed E-state index contributed by atoms with van der Waals surface area (Å²) in [6.45, 7) is 1.03. The van der Waals surface area contributed by atoms with Crippen molar-refractivity contribution in [3.63, 3.8) is 0 Å². The van der Waals surface area contributed by atoms with E-state index in [1.807, 2.05) is 48.7 Å². The predicted octanol–water partition coefficient (Wildman–Crippen LogP) is 1.35. The van der Waals surface area contributed by atoms with Crippen LogP contribution in [-0.4, -0.2) is 58.4 Å². The Bertz CT molecular complexity index is 1050. The smallest absolute Gasteiger partial charge is 0.253 e. The molecule has 0 bridgehead atoms. The van der Waals surface area contributed by atoms with Gasteiger partial charge in [0.25, 0.3) is 5.91 Å². The highest BCUT2D eigenvalue weighted by atomic mass is 16.2. The van der Waals surface area contributed by atoms with Crippen molar-refractivity contribution in [2.75, 3.05) is 20.6 Å². The van der Waals surface area contributed by atoms with Gasteiger partial charge in [-0.3, -0.25) is 9.59 Å². The molecule has 1 aliphatic rings. The van der Waals surface area contributed by atoms with E-state index in [1.165, 1.54) is 0 Å². The van der Waals surface area contributed by atoms with Crippen molar-refractivity contribution in [2.24, 2.45) is 0 Å². The lowest BCUT2D eigenvalue weighted by atomic mass is 10.1. The number of aromatic nitrogens is 3. The molecule has 0 aliphatic carbocycles. The van der Waals surface area contributed by atoms with Gasteiger partial charge < -0.3 is 15.5 Å². The van der Waals surface area contributed by atoms with E-state index in [2.05, 4.69) is 20.9 Å². The number of rotatable bonds is 5. The lowest BCUT2D eigenvalue weighted by Crippen LogP contribution is -2.38. The van der Waals surface area contributed by atoms with E-state index in [9.17, 15) is 9.59 Å². The third kappa shape index (κ3) is 3.97. The quantitative estimate of drug-likeness (QED) is 0.684. The van der Waals surface area contributed by atoms with Crippen LogP contribution in [0.2, 0.25) is 0 Å². The molecule has 0 spiro atoms. The number of amides is 2. The molecule has 2 amide bonds. The number of hydrogen-bond donors (Lipinski definition) is 2. The standard InChI is InChI=1S/C21H24N6O2/c1-22-20(28)19-10-18(11-23-19)27-13-17(24-25-27)12-26(2)21(29)16-8-7-14-5-3-4-6-15(14)9-16/h3-9,13,18-19,23H,10-12H2,1-2H3,(H,22,28)/t18-,19+/m1/s1. The van der Waals surface area contributed by atoms with Crippen LogP contribution >= 0.6 is 0 Å². The van der Waals surface area contributed by atoms with Crippen LogP contribution in [-0.2, 0) is 11.3 Å². The van der Waals surface area contributed by atoms with Gasteiger partial charge in [0.05, 0.1) is 24.8 Å². The Morgan fingerprint density at radius 3 is 2.83 bits per heavy atom. The first-order chi connectivity index (χ1) is 14.0. The molecule has 1 saturated heterocycles. The van der Waals surface area contributed by atoms with E-state index in [-0.39, 0.29) is 23.9 Å². The number of carbonyl (C=O) groups is 2. The van der Waals surface area contributed by atoms with Crippen LogP contribution in [0.25, 0.3) is 10.8 Å². The SMILES string of the molecule is CNC(=O)[C@@H]1C[C@@H](n2cc(CN(C)C(=O)c3ccc4ccccc4c3)nn2)CN1. The zero-order valence-electron chi connectivity index (χ0n) is 16.5. The summed E-state index contributed by atoms with van der Waals surface area (Å²) in [7, 11) is 3.39. The third-order valence-electron chi connectivity index (χ3n) is 5.34. The lowest BCUT2D eigenvalue weighted by molar-refractivity contribution is -0.122. The largest absolute Gasteiger partial charge is 0.358 e. The monoisotopic (exact) mass is 392 g/mol. The highest BCUT2D eigenvalue weighted by molar-refractivity contribution is 5.98. The van der Waals surface area contributed by atoms with Gasteiger partial charge in [-0.1, -0.05) is 35.5 Å². The Balaban J connectivity index is 1.41. The molecule has 8 nitrogen and oxygen atoms in total. The van der Waals surface area contributed by atoms with Crippen molar-refractivity contribution in [3.8, 4) is 0 Å². The summed E-state index contributed by atoms with van der Waals surface area (Å²) >= 11 is 0. The van der Waals surface area contributed by atoms with Crippen LogP contribution in [0.1, 0.15) is 28.5 Å². The third-order valence-corrected chi connectivity index (χ3v) is 5.34. The van der Waals surface area contributed by atoms with Gasteiger partial charge in [-0.2, -0.15) is 0 Å². The van der Waals surface area contributed by atoms with E-state index >= 15 is 0 Å². The maximum atomic E-state index is 12.8. The van der Waals surface area contributed by atoms with Crippen molar-refractivity contribution >= 4 is 22.6 Å². The highest BCUT2D eigenvalue weighted by Crippen LogP contribution is 2.20. The molecule has 2 heterocycles. The molecule has 0 unspecified atom stereocenters. The van der Waals surface area contributed by atoms with Gasteiger partial charge >= 0.3 is 0 Å². The first-order valence-electron chi connectivity index (χ1n) is 9.65. The number of fused-ring (bicyclic) bond motifs is 1. The Morgan fingerprint density at radius 1 is 1.24 bits per heavy atom. The Labute approximate surface area is 168 Å². The molecule has 2 N–H and O–H groups in total. The maximum Gasteiger partial charge on any atom is 0.253 e. The van der Waals surface area contributed by atoms with Crippen molar-refractivity contribution < 1.29 is 9.59 Å². The normalized spacial score (nSPS) is 18.7. The van der Waals surface area contributed by atoms with Gasteiger partial charge in [-0.25, -0.2) is 4.68 Å². The van der Waals surface area contributed by atoms with Crippen molar-refractivity contribution in [3.05, 3.63) is 59.9 Å². The summed E-state index contributed by atoms with van der Waals surface area (Å²) in [6, 6.07) is 13.5. The summed E-state index contributed by atoms with van der Waals surface area (Å²) in [5, 5.41) is 16.4. The van der Waals surface area contributed by atoms with Crippen LogP contribution in [0.4, 0.5) is 0 Å². The molecule has 150 valence electrons. The van der Waals surface area contributed by atoms with Crippen molar-refractivity contribution in [1.82, 2.24) is 30.5 Å². The van der Waals surface area contributed by atoms with Gasteiger partial charge in [0.1, 0.15) is 5.69 Å². The van der Waals surface area contributed by atoms with Gasteiger partial charge in [0, 0.05) is 26.2 Å². The van der Waals surface area contributed by atoms with Gasteiger partial charge in [-0.15, -0.1) is 5.10 Å². The number of nitrogens with zero attached hydrogens (tertiary/aromatic N) is 4. The molecular formula is C21H24N6O2. The van der Waals surface area contributed by atoms with Gasteiger partial charge in [0.15, 0.2) is 0 Å². The zero-order chi connectivity index (χ0) is 20.4. The fourth-order valence-corrected chi connectivity index (χ4v) is 3.71. The van der Waals surface area contributed by atoms with Crippen LogP contribution in [0.3, 0.4) is 0 Å². The summed E-state index contributed by atoms with van der Waals surface area (Å²) < 4.78 is 1.78. The average Bonchev–Trinajstić information content (AvgIpc) is 3.42. The summed E-state index contributed by atoms with van der Waals surface area (Å²) in [5.74, 6) is -0.0823. The Morgan fingerprint density at radius 2 is 2.03 bits per heavy atom. The zero-order valence-corrected chi connectivity index (χ0v) is 16.5. The van der Waals surface area contributed by atoms with Crippen LogP contribution in [0.5, 0.6) is 0 Å². The van der Waals surface area contributed by atoms with E-state index in [0.29, 0.717) is 30.8 Å². The molecule has 4 rings (SSSR count). The fraction of sp³-hybridized carbons (Fsp3) is 0.333. The van der Waals surface area contributed by atoms with Crippen LogP contribution in [0, 0.1) is 0 Å². The molecule has 1 aliphatic heterocycles. The second-order valence-electron chi connectivity index (χ2n) is 7.38. The maximum absolute atomic E-state index is 12.8. The van der Waals surface area contributed by atoms with Crippen molar-refractivity contribution in [2.45, 2.75) is 25.0 Å². The van der Waals surface area contributed by atoms with E-state index in [0.717, 1.165) is 10.8 Å². The minimum Gasteiger partial charge on any atom is -0.358 e. The molecule has 2 atom stereocenters. The minimum absolute atomic E-state index is 0.0199. The predicted molar refractivity (Wildman–Crippen MR) is 109 cm³/mol. The van der Waals surface area contributed by atoms with E-state index in [1.54, 1.807) is 23.7 Å². The molecule has 1 fully saturated rings. The second-order valence-corrected chi connectivity index (χ2v) is 7.38. The molecular weight excluding hydrogens is 368 g/mol. The van der Waals surface area contributed by atoms with Crippen LogP contribution < -0.4 is 10.6 Å².